The Balaban J connectivity index is 1.79. The van der Waals surface area contributed by atoms with E-state index in [0.29, 0.717) is 31.6 Å². The van der Waals surface area contributed by atoms with Gasteiger partial charge in [-0.15, -0.1) is 5.10 Å². The summed E-state index contributed by atoms with van der Waals surface area (Å²) in [5.74, 6) is 0.552. The third-order valence-corrected chi connectivity index (χ3v) is 3.39. The van der Waals surface area contributed by atoms with E-state index in [1.807, 2.05) is 24.3 Å². The minimum Gasteiger partial charge on any atom is -0.407 e. The van der Waals surface area contributed by atoms with Crippen molar-refractivity contribution in [2.45, 2.75) is 13.1 Å². The van der Waals surface area contributed by atoms with Gasteiger partial charge in [0.15, 0.2) is 0 Å². The van der Waals surface area contributed by atoms with Crippen molar-refractivity contribution in [2.24, 2.45) is 0 Å². The first-order valence-corrected chi connectivity index (χ1v) is 7.08. The Bertz CT molecular complexity index is 533. The Morgan fingerprint density at radius 1 is 1.25 bits per heavy atom. The van der Waals surface area contributed by atoms with Gasteiger partial charge in [-0.25, -0.2) is 0 Å². The molecular weight excluding hydrogens is 324 g/mol. The Hall–Kier alpha value is -1.44. The fourth-order valence-corrected chi connectivity index (χ4v) is 2.00. The molecule has 0 saturated heterocycles. The molecule has 0 spiro atoms. The molecule has 2 N–H and O–H groups in total. The van der Waals surface area contributed by atoms with Crippen molar-refractivity contribution in [2.75, 3.05) is 25.6 Å². The molecular formula is C13H17BrN4O2. The zero-order valence-electron chi connectivity index (χ0n) is 11.2. The lowest BCUT2D eigenvalue weighted by molar-refractivity contribution is 0.198. The van der Waals surface area contributed by atoms with E-state index in [9.17, 15) is 0 Å². The van der Waals surface area contributed by atoms with Gasteiger partial charge in [-0.3, -0.25) is 0 Å². The summed E-state index contributed by atoms with van der Waals surface area (Å²) < 4.78 is 11.5. The van der Waals surface area contributed by atoms with Crippen LogP contribution in [0.15, 0.2) is 33.2 Å². The summed E-state index contributed by atoms with van der Waals surface area (Å²) in [7, 11) is 1.66. The van der Waals surface area contributed by atoms with E-state index in [-0.39, 0.29) is 0 Å². The third-order valence-electron chi connectivity index (χ3n) is 2.61. The maximum atomic E-state index is 5.47. The van der Waals surface area contributed by atoms with Crippen molar-refractivity contribution in [3.63, 3.8) is 0 Å². The van der Waals surface area contributed by atoms with Crippen LogP contribution in [-0.2, 0) is 17.8 Å². The van der Waals surface area contributed by atoms with Crippen molar-refractivity contribution in [3.8, 4) is 0 Å². The average Bonchev–Trinajstić information content (AvgIpc) is 2.91. The Morgan fingerprint density at radius 3 is 2.90 bits per heavy atom. The molecule has 0 fully saturated rings. The maximum absolute atomic E-state index is 5.47. The molecule has 0 amide bonds. The molecule has 6 nitrogen and oxygen atoms in total. The third kappa shape index (κ3) is 4.59. The lowest BCUT2D eigenvalue weighted by atomic mass is 10.2. The largest absolute Gasteiger partial charge is 0.407 e. The van der Waals surface area contributed by atoms with Gasteiger partial charge in [0.25, 0.3) is 0 Å². The van der Waals surface area contributed by atoms with Crippen molar-refractivity contribution in [1.29, 1.82) is 0 Å². The van der Waals surface area contributed by atoms with Crippen molar-refractivity contribution < 1.29 is 9.15 Å². The predicted molar refractivity (Wildman–Crippen MR) is 79.3 cm³/mol. The number of aromatic nitrogens is 2. The molecule has 0 radical (unpaired) electrons. The number of rotatable bonds is 8. The highest BCUT2D eigenvalue weighted by Gasteiger charge is 2.06. The topological polar surface area (TPSA) is 72.2 Å². The van der Waals surface area contributed by atoms with Crippen LogP contribution in [0.2, 0.25) is 0 Å². The van der Waals surface area contributed by atoms with Crippen LogP contribution in [0.5, 0.6) is 0 Å². The van der Waals surface area contributed by atoms with Crippen LogP contribution < -0.4 is 10.6 Å². The molecule has 0 atom stereocenters. The van der Waals surface area contributed by atoms with Gasteiger partial charge in [-0.2, -0.15) is 0 Å². The smallest absolute Gasteiger partial charge is 0.315 e. The fourth-order valence-electron chi connectivity index (χ4n) is 1.58. The molecule has 7 heteroatoms. The summed E-state index contributed by atoms with van der Waals surface area (Å²) in [6.07, 6.45) is 0. The zero-order valence-corrected chi connectivity index (χ0v) is 12.8. The number of hydrogen-bond donors (Lipinski definition) is 2. The van der Waals surface area contributed by atoms with Gasteiger partial charge in [0.2, 0.25) is 5.89 Å². The van der Waals surface area contributed by atoms with E-state index >= 15 is 0 Å². The van der Waals surface area contributed by atoms with Gasteiger partial charge in [0.05, 0.1) is 13.2 Å². The monoisotopic (exact) mass is 340 g/mol. The second-order valence-corrected chi connectivity index (χ2v) is 4.97. The van der Waals surface area contributed by atoms with Crippen LogP contribution in [0, 0.1) is 0 Å². The summed E-state index contributed by atoms with van der Waals surface area (Å²) in [4.78, 5) is 0. The molecule has 2 aromatic rings. The summed E-state index contributed by atoms with van der Waals surface area (Å²) in [5, 5.41) is 14.1. The van der Waals surface area contributed by atoms with Crippen molar-refractivity contribution in [3.05, 3.63) is 40.2 Å². The number of hydrogen-bond acceptors (Lipinski definition) is 6. The molecule has 20 heavy (non-hydrogen) atoms. The molecule has 0 saturated carbocycles. The number of methoxy groups -OCH3 is 1. The molecule has 1 aromatic heterocycles. The standard InChI is InChI=1S/C13H17BrN4O2/c1-19-7-6-15-9-12-17-18-13(20-12)16-8-10-4-2-3-5-11(10)14/h2-5,15H,6-9H2,1H3,(H,16,18). The van der Waals surface area contributed by atoms with Gasteiger partial charge < -0.3 is 19.8 Å². The maximum Gasteiger partial charge on any atom is 0.315 e. The summed E-state index contributed by atoms with van der Waals surface area (Å²) in [5.41, 5.74) is 1.13. The van der Waals surface area contributed by atoms with Gasteiger partial charge in [0.1, 0.15) is 0 Å². The molecule has 0 aliphatic carbocycles. The molecule has 0 unspecified atom stereocenters. The number of benzene rings is 1. The number of nitrogens with zero attached hydrogens (tertiary/aromatic N) is 2. The van der Waals surface area contributed by atoms with Gasteiger partial charge in [0, 0.05) is 24.7 Å². The summed E-state index contributed by atoms with van der Waals surface area (Å²) in [6.45, 7) is 2.56. The highest BCUT2D eigenvalue weighted by molar-refractivity contribution is 9.10. The van der Waals surface area contributed by atoms with Crippen LogP contribution in [-0.4, -0.2) is 30.5 Å². The Kier molecular flexibility index (Phi) is 5.97. The number of ether oxygens (including phenoxy) is 1. The van der Waals surface area contributed by atoms with Crippen LogP contribution in [0.25, 0.3) is 0 Å². The van der Waals surface area contributed by atoms with Crippen molar-refractivity contribution >= 4 is 21.9 Å². The normalized spacial score (nSPS) is 10.7. The molecule has 1 aromatic carbocycles. The summed E-state index contributed by atoms with van der Waals surface area (Å²) >= 11 is 3.50. The van der Waals surface area contributed by atoms with E-state index in [1.165, 1.54) is 0 Å². The highest BCUT2D eigenvalue weighted by Crippen LogP contribution is 2.17. The first-order valence-electron chi connectivity index (χ1n) is 6.29. The molecule has 1 heterocycles. The minimum absolute atomic E-state index is 0.421. The highest BCUT2D eigenvalue weighted by atomic mass is 79.9. The number of nitrogens with one attached hydrogen (secondary N) is 2. The van der Waals surface area contributed by atoms with E-state index < -0.39 is 0 Å². The lowest BCUT2D eigenvalue weighted by Gasteiger charge is -2.03. The molecule has 0 aliphatic heterocycles. The van der Waals surface area contributed by atoms with Crippen molar-refractivity contribution in [1.82, 2.24) is 15.5 Å². The minimum atomic E-state index is 0.421. The van der Waals surface area contributed by atoms with E-state index in [4.69, 9.17) is 9.15 Å². The Morgan fingerprint density at radius 2 is 2.10 bits per heavy atom. The lowest BCUT2D eigenvalue weighted by Crippen LogP contribution is -2.18. The van der Waals surface area contributed by atoms with Gasteiger partial charge >= 0.3 is 6.01 Å². The second kappa shape index (κ2) is 7.98. The molecule has 0 bridgehead atoms. The fraction of sp³-hybridized carbons (Fsp3) is 0.385. The number of anilines is 1. The quantitative estimate of drug-likeness (QED) is 0.717. The van der Waals surface area contributed by atoms with Gasteiger partial charge in [-0.05, 0) is 11.6 Å². The van der Waals surface area contributed by atoms with E-state index in [2.05, 4.69) is 36.8 Å². The van der Waals surface area contributed by atoms with Crippen LogP contribution >= 0.6 is 15.9 Å². The van der Waals surface area contributed by atoms with E-state index in [1.54, 1.807) is 7.11 Å². The Labute approximate surface area is 126 Å². The molecule has 2 rings (SSSR count). The second-order valence-electron chi connectivity index (χ2n) is 4.12. The molecule has 108 valence electrons. The van der Waals surface area contributed by atoms with Gasteiger partial charge in [-0.1, -0.05) is 39.2 Å². The summed E-state index contributed by atoms with van der Waals surface area (Å²) in [6, 6.07) is 8.41. The average molecular weight is 341 g/mol. The van der Waals surface area contributed by atoms with Crippen LogP contribution in [0.4, 0.5) is 6.01 Å². The zero-order chi connectivity index (χ0) is 14.2. The van der Waals surface area contributed by atoms with E-state index in [0.717, 1.165) is 16.6 Å². The predicted octanol–water partition coefficient (Wildman–Crippen LogP) is 2.18. The molecule has 0 aliphatic rings. The first-order chi connectivity index (χ1) is 9.79. The number of halogens is 1. The van der Waals surface area contributed by atoms with Crippen LogP contribution in [0.1, 0.15) is 11.5 Å². The SMILES string of the molecule is COCCNCc1nnc(NCc2ccccc2Br)o1. The first kappa shape index (κ1) is 15.0. The van der Waals surface area contributed by atoms with Crippen LogP contribution in [0.3, 0.4) is 0 Å².